The molecule has 2 rings (SSSR count). The van der Waals surface area contributed by atoms with Crippen LogP contribution in [0.25, 0.3) is 0 Å². The number of imidazole rings is 1. The van der Waals surface area contributed by atoms with Gasteiger partial charge < -0.3 is 4.98 Å². The van der Waals surface area contributed by atoms with Crippen molar-refractivity contribution in [3.63, 3.8) is 0 Å². The monoisotopic (exact) mass is 353 g/mol. The Morgan fingerprint density at radius 3 is 2.46 bits per heavy atom. The van der Waals surface area contributed by atoms with Crippen LogP contribution >= 0.6 is 0 Å². The minimum Gasteiger partial charge on any atom is -0.343 e. The first-order valence-corrected chi connectivity index (χ1v) is 9.57. The number of aryl methyl sites for hydroxylation is 3. The van der Waals surface area contributed by atoms with Crippen molar-refractivity contribution in [2.75, 3.05) is 7.05 Å². The summed E-state index contributed by atoms with van der Waals surface area (Å²) in [5.74, 6) is 1.62. The summed E-state index contributed by atoms with van der Waals surface area (Å²) in [6.45, 7) is 13.1. The van der Waals surface area contributed by atoms with E-state index in [4.69, 9.17) is 0 Å². The van der Waals surface area contributed by atoms with E-state index in [-0.39, 0.29) is 0 Å². The van der Waals surface area contributed by atoms with E-state index in [1.54, 1.807) is 25.0 Å². The molecular formula is C23H35N3. The molecule has 1 aromatic heterocycles. The lowest BCUT2D eigenvalue weighted by Crippen LogP contribution is -1.99. The summed E-state index contributed by atoms with van der Waals surface area (Å²) in [6.07, 6.45) is 9.21. The predicted molar refractivity (Wildman–Crippen MR) is 114 cm³/mol. The van der Waals surface area contributed by atoms with Gasteiger partial charge >= 0.3 is 0 Å². The lowest BCUT2D eigenvalue weighted by atomic mass is 9.96. The molecule has 1 heterocycles. The molecule has 0 saturated carbocycles. The van der Waals surface area contributed by atoms with Gasteiger partial charge in [-0.25, -0.2) is 4.98 Å². The van der Waals surface area contributed by atoms with Crippen LogP contribution in [0.15, 0.2) is 47.2 Å². The van der Waals surface area contributed by atoms with E-state index in [0.717, 1.165) is 23.9 Å². The summed E-state index contributed by atoms with van der Waals surface area (Å²) in [5, 5.41) is 0. The van der Waals surface area contributed by atoms with E-state index >= 15 is 0 Å². The second-order valence-corrected chi connectivity index (χ2v) is 7.33. The quantitative estimate of drug-likeness (QED) is 0.641. The number of benzene rings is 1. The zero-order valence-electron chi connectivity index (χ0n) is 17.6. The third-order valence-electron chi connectivity index (χ3n) is 4.14. The Labute approximate surface area is 159 Å². The largest absolute Gasteiger partial charge is 0.343 e. The lowest BCUT2D eigenvalue weighted by Gasteiger charge is -2.10. The molecule has 142 valence electrons. The maximum Gasteiger partial charge on any atom is 0.155 e. The number of H-pyrrole nitrogens is 1. The fourth-order valence-electron chi connectivity index (χ4n) is 2.69. The molecule has 0 saturated heterocycles. The minimum absolute atomic E-state index is 0.806. The highest BCUT2D eigenvalue weighted by molar-refractivity contribution is 6.06. The number of hydrogen-bond donors (Lipinski definition) is 1. The van der Waals surface area contributed by atoms with Gasteiger partial charge in [-0.2, -0.15) is 0 Å². The molecular weight excluding hydrogens is 318 g/mol. The van der Waals surface area contributed by atoms with Crippen LogP contribution in [0.4, 0.5) is 0 Å². The fraction of sp³-hybridized carbons (Fsp3) is 0.478. The molecule has 0 fully saturated rings. The van der Waals surface area contributed by atoms with Gasteiger partial charge in [0.05, 0.1) is 5.71 Å². The maximum atomic E-state index is 4.12. The highest BCUT2D eigenvalue weighted by atomic mass is 14.9. The Bertz CT molecular complexity index is 703. The number of aliphatic imine (C=N–C) groups is 1. The van der Waals surface area contributed by atoms with Crippen molar-refractivity contribution in [1.29, 1.82) is 0 Å². The molecule has 3 nitrogen and oxygen atoms in total. The molecule has 0 spiro atoms. The molecule has 0 aliphatic carbocycles. The molecule has 2 aromatic rings. The van der Waals surface area contributed by atoms with E-state index in [0.29, 0.717) is 0 Å². The van der Waals surface area contributed by atoms with Gasteiger partial charge in [0.1, 0.15) is 0 Å². The number of nitrogens with zero attached hydrogens (tertiary/aromatic N) is 2. The average Bonchev–Trinajstić information content (AvgIpc) is 3.13. The number of aromatic amines is 1. The maximum absolute atomic E-state index is 4.12. The van der Waals surface area contributed by atoms with Gasteiger partial charge in [0, 0.05) is 19.4 Å². The van der Waals surface area contributed by atoms with Crippen LogP contribution in [0.2, 0.25) is 0 Å². The third-order valence-corrected chi connectivity index (χ3v) is 4.14. The molecule has 1 N–H and O–H groups in total. The van der Waals surface area contributed by atoms with E-state index in [1.807, 2.05) is 19.9 Å². The first-order chi connectivity index (χ1) is 12.4. The molecule has 0 atom stereocenters. The van der Waals surface area contributed by atoms with E-state index in [9.17, 15) is 0 Å². The summed E-state index contributed by atoms with van der Waals surface area (Å²) < 4.78 is 0. The second-order valence-electron chi connectivity index (χ2n) is 7.33. The topological polar surface area (TPSA) is 41.0 Å². The van der Waals surface area contributed by atoms with Crippen molar-refractivity contribution in [3.05, 3.63) is 64.8 Å². The van der Waals surface area contributed by atoms with Crippen LogP contribution < -0.4 is 0 Å². The fourth-order valence-corrected chi connectivity index (χ4v) is 2.69. The first kappa shape index (κ1) is 21.9. The van der Waals surface area contributed by atoms with Crippen molar-refractivity contribution >= 4 is 5.71 Å². The highest BCUT2D eigenvalue weighted by Crippen LogP contribution is 2.16. The zero-order chi connectivity index (χ0) is 19.5. The Kier molecular flexibility index (Phi) is 9.64. The van der Waals surface area contributed by atoms with Crippen molar-refractivity contribution in [2.45, 2.75) is 60.8 Å². The molecule has 0 aliphatic heterocycles. The number of rotatable bonds is 6. The summed E-state index contributed by atoms with van der Waals surface area (Å²) in [7, 11) is 1.76. The molecule has 0 aliphatic rings. The number of allylic oxidation sites excluding steroid dienone is 2. The highest BCUT2D eigenvalue weighted by Gasteiger charge is 2.02. The SMILES string of the molecule is CCc1cc(C)ccc1CCC(C)C.CN=C(C=C(C)C)c1ncc[nH]1. The molecule has 26 heavy (non-hydrogen) atoms. The average molecular weight is 354 g/mol. The predicted octanol–water partition coefficient (Wildman–Crippen LogP) is 5.94. The zero-order valence-corrected chi connectivity index (χ0v) is 17.6. The van der Waals surface area contributed by atoms with E-state index in [2.05, 4.69) is 60.9 Å². The van der Waals surface area contributed by atoms with Crippen molar-refractivity contribution < 1.29 is 0 Å². The smallest absolute Gasteiger partial charge is 0.155 e. The Balaban J connectivity index is 0.000000263. The summed E-state index contributed by atoms with van der Waals surface area (Å²) >= 11 is 0. The normalized spacial score (nSPS) is 11.2. The number of nitrogens with one attached hydrogen (secondary N) is 1. The van der Waals surface area contributed by atoms with Gasteiger partial charge in [0.25, 0.3) is 0 Å². The van der Waals surface area contributed by atoms with Gasteiger partial charge in [-0.3, -0.25) is 4.99 Å². The molecule has 1 aromatic carbocycles. The number of aromatic nitrogens is 2. The second kappa shape index (κ2) is 11.5. The Morgan fingerprint density at radius 1 is 1.23 bits per heavy atom. The Hall–Kier alpha value is -2.16. The van der Waals surface area contributed by atoms with Crippen LogP contribution in [0.3, 0.4) is 0 Å². The van der Waals surface area contributed by atoms with Crippen LogP contribution in [0.1, 0.15) is 63.6 Å². The van der Waals surface area contributed by atoms with Gasteiger partial charge in [-0.15, -0.1) is 0 Å². The summed E-state index contributed by atoms with van der Waals surface area (Å²) in [6, 6.07) is 6.86. The third kappa shape index (κ3) is 7.81. The Morgan fingerprint density at radius 2 is 1.96 bits per heavy atom. The van der Waals surface area contributed by atoms with Gasteiger partial charge in [0.2, 0.25) is 0 Å². The molecule has 0 bridgehead atoms. The number of hydrogen-bond acceptors (Lipinski definition) is 2. The standard InChI is InChI=1S/C14H22.C9H13N3/c1-5-13-10-12(4)7-9-14(13)8-6-11(2)3;1-7(2)6-8(10-3)9-11-4-5-12-9/h7,9-11H,5-6,8H2,1-4H3;4-6H,1-3H3,(H,11,12). The van der Waals surface area contributed by atoms with Crippen LogP contribution in [0, 0.1) is 12.8 Å². The minimum atomic E-state index is 0.806. The molecule has 0 unspecified atom stereocenters. The molecule has 0 radical (unpaired) electrons. The van der Waals surface area contributed by atoms with Crippen molar-refractivity contribution in [1.82, 2.24) is 9.97 Å². The molecule has 3 heteroatoms. The lowest BCUT2D eigenvalue weighted by molar-refractivity contribution is 0.585. The van der Waals surface area contributed by atoms with Crippen molar-refractivity contribution in [3.8, 4) is 0 Å². The summed E-state index contributed by atoms with van der Waals surface area (Å²) in [4.78, 5) is 11.2. The van der Waals surface area contributed by atoms with Crippen LogP contribution in [-0.4, -0.2) is 22.7 Å². The van der Waals surface area contributed by atoms with Crippen LogP contribution in [0.5, 0.6) is 0 Å². The van der Waals surface area contributed by atoms with E-state index in [1.165, 1.54) is 29.5 Å². The van der Waals surface area contributed by atoms with Gasteiger partial charge in [0.15, 0.2) is 5.82 Å². The van der Waals surface area contributed by atoms with Crippen molar-refractivity contribution in [2.24, 2.45) is 10.9 Å². The van der Waals surface area contributed by atoms with Gasteiger partial charge in [-0.05, 0) is 63.2 Å². The summed E-state index contributed by atoms with van der Waals surface area (Å²) in [5.41, 5.74) is 6.57. The van der Waals surface area contributed by atoms with Crippen LogP contribution in [-0.2, 0) is 12.8 Å². The van der Waals surface area contributed by atoms with Gasteiger partial charge in [-0.1, -0.05) is 50.1 Å². The van der Waals surface area contributed by atoms with E-state index < -0.39 is 0 Å². The first-order valence-electron chi connectivity index (χ1n) is 9.57. The molecule has 0 amide bonds.